The highest BCUT2D eigenvalue weighted by Gasteiger charge is 2.37. The molecule has 0 unspecified atom stereocenters. The molecule has 0 atom stereocenters. The van der Waals surface area contributed by atoms with Crippen molar-refractivity contribution in [3.63, 3.8) is 0 Å². The first-order valence-electron chi connectivity index (χ1n) is 8.39. The molecule has 1 aromatic rings. The number of hydrogen-bond acceptors (Lipinski definition) is 3. The fourth-order valence-corrected chi connectivity index (χ4v) is 3.30. The molecule has 0 aromatic heterocycles. The van der Waals surface area contributed by atoms with E-state index in [4.69, 9.17) is 4.74 Å². The van der Waals surface area contributed by atoms with Crippen LogP contribution in [0, 0.1) is 0 Å². The molecule has 23 heavy (non-hydrogen) atoms. The van der Waals surface area contributed by atoms with Crippen molar-refractivity contribution in [1.82, 2.24) is 9.80 Å². The Balaban J connectivity index is 1.46. The second kappa shape index (κ2) is 7.02. The van der Waals surface area contributed by atoms with Gasteiger partial charge in [0.05, 0.1) is 0 Å². The van der Waals surface area contributed by atoms with Crippen molar-refractivity contribution in [2.45, 2.75) is 51.3 Å². The third kappa shape index (κ3) is 4.03. The van der Waals surface area contributed by atoms with Gasteiger partial charge in [-0.25, -0.2) is 4.79 Å². The van der Waals surface area contributed by atoms with Gasteiger partial charge in [0, 0.05) is 32.1 Å². The lowest BCUT2D eigenvalue weighted by Crippen LogP contribution is -2.49. The summed E-state index contributed by atoms with van der Waals surface area (Å²) in [6.07, 6.45) is 3.68. The lowest BCUT2D eigenvalue weighted by Gasteiger charge is -2.38. The van der Waals surface area contributed by atoms with Crippen molar-refractivity contribution < 1.29 is 14.3 Å². The van der Waals surface area contributed by atoms with E-state index in [9.17, 15) is 9.59 Å². The number of amides is 2. The second-order valence-corrected chi connectivity index (χ2v) is 6.42. The molecule has 1 aliphatic carbocycles. The molecule has 2 aliphatic rings. The van der Waals surface area contributed by atoms with Crippen LogP contribution < -0.4 is 0 Å². The minimum Gasteiger partial charge on any atom is -0.445 e. The van der Waals surface area contributed by atoms with Crippen LogP contribution in [0.2, 0.25) is 0 Å². The van der Waals surface area contributed by atoms with Gasteiger partial charge in [-0.05, 0) is 31.2 Å². The molecule has 5 nitrogen and oxygen atoms in total. The van der Waals surface area contributed by atoms with Crippen LogP contribution in [0.3, 0.4) is 0 Å². The van der Waals surface area contributed by atoms with Crippen molar-refractivity contribution in [3.8, 4) is 0 Å². The zero-order valence-corrected chi connectivity index (χ0v) is 13.6. The Hall–Kier alpha value is -2.04. The van der Waals surface area contributed by atoms with Crippen LogP contribution in [0.1, 0.15) is 38.2 Å². The molecule has 1 aromatic carbocycles. The summed E-state index contributed by atoms with van der Waals surface area (Å²) in [6, 6.07) is 10.4. The maximum absolute atomic E-state index is 12.2. The number of carbonyl (C=O) groups is 2. The molecule has 1 saturated heterocycles. The van der Waals surface area contributed by atoms with Gasteiger partial charge >= 0.3 is 6.09 Å². The third-order valence-corrected chi connectivity index (χ3v) is 4.63. The Bertz CT molecular complexity index is 549. The molecule has 3 rings (SSSR count). The monoisotopic (exact) mass is 316 g/mol. The number of likely N-dealkylation sites (tertiary alicyclic amines) is 1. The van der Waals surface area contributed by atoms with E-state index in [1.807, 2.05) is 35.2 Å². The minimum absolute atomic E-state index is 0.164. The fraction of sp³-hybridized carbons (Fsp3) is 0.556. The van der Waals surface area contributed by atoms with Crippen molar-refractivity contribution in [2.75, 3.05) is 13.1 Å². The van der Waals surface area contributed by atoms with Gasteiger partial charge in [-0.15, -0.1) is 0 Å². The molecule has 0 radical (unpaired) electrons. The summed E-state index contributed by atoms with van der Waals surface area (Å²) < 4.78 is 5.38. The Morgan fingerprint density at radius 3 is 2.26 bits per heavy atom. The highest BCUT2D eigenvalue weighted by Crippen LogP contribution is 2.32. The number of ether oxygens (including phenoxy) is 1. The smallest absolute Gasteiger partial charge is 0.410 e. The topological polar surface area (TPSA) is 49.9 Å². The van der Waals surface area contributed by atoms with Gasteiger partial charge in [-0.3, -0.25) is 4.79 Å². The average molecular weight is 316 g/mol. The molecule has 1 aliphatic heterocycles. The summed E-state index contributed by atoms with van der Waals surface area (Å²) in [5.74, 6) is 0.164. The van der Waals surface area contributed by atoms with Crippen LogP contribution in [0.5, 0.6) is 0 Å². The van der Waals surface area contributed by atoms with E-state index in [-0.39, 0.29) is 18.0 Å². The fourth-order valence-electron chi connectivity index (χ4n) is 3.30. The van der Waals surface area contributed by atoms with Crippen molar-refractivity contribution in [1.29, 1.82) is 0 Å². The van der Waals surface area contributed by atoms with E-state index in [2.05, 4.69) is 0 Å². The van der Waals surface area contributed by atoms with Crippen molar-refractivity contribution in [3.05, 3.63) is 35.9 Å². The summed E-state index contributed by atoms with van der Waals surface area (Å²) in [7, 11) is 0. The van der Waals surface area contributed by atoms with Crippen LogP contribution in [0.25, 0.3) is 0 Å². The van der Waals surface area contributed by atoms with Gasteiger partial charge in [0.1, 0.15) is 6.61 Å². The summed E-state index contributed by atoms with van der Waals surface area (Å²) in [5.41, 5.74) is 0.993. The van der Waals surface area contributed by atoms with Crippen LogP contribution in [-0.4, -0.2) is 47.0 Å². The van der Waals surface area contributed by atoms with Crippen LogP contribution >= 0.6 is 0 Å². The van der Waals surface area contributed by atoms with E-state index in [1.165, 1.54) is 0 Å². The Kier molecular flexibility index (Phi) is 4.84. The molecule has 124 valence electrons. The quantitative estimate of drug-likeness (QED) is 0.858. The van der Waals surface area contributed by atoms with Gasteiger partial charge in [0.2, 0.25) is 5.91 Å². The molecule has 1 saturated carbocycles. The molecule has 2 amide bonds. The molecule has 1 heterocycles. The number of rotatable bonds is 4. The first kappa shape index (κ1) is 15.8. The van der Waals surface area contributed by atoms with Crippen LogP contribution in [0.15, 0.2) is 30.3 Å². The van der Waals surface area contributed by atoms with Gasteiger partial charge in [-0.1, -0.05) is 30.3 Å². The highest BCUT2D eigenvalue weighted by atomic mass is 16.6. The predicted octanol–water partition coefficient (Wildman–Crippen LogP) is 2.80. The highest BCUT2D eigenvalue weighted by molar-refractivity contribution is 5.74. The standard InChI is InChI=1S/C18H24N2O3/c1-14(21)20(16-7-8-16)17-9-11-19(12-10-17)18(22)23-13-15-5-3-2-4-6-15/h2-6,16-17H,7-13H2,1H3. The van der Waals surface area contributed by atoms with Gasteiger partial charge in [0.15, 0.2) is 0 Å². The van der Waals surface area contributed by atoms with Crippen LogP contribution in [-0.2, 0) is 16.1 Å². The minimum atomic E-state index is -0.256. The Morgan fingerprint density at radius 1 is 1.09 bits per heavy atom. The lowest BCUT2D eigenvalue weighted by molar-refractivity contribution is -0.132. The molecule has 0 bridgehead atoms. The molecule has 0 N–H and O–H groups in total. The summed E-state index contributed by atoms with van der Waals surface area (Å²) >= 11 is 0. The van der Waals surface area contributed by atoms with E-state index < -0.39 is 0 Å². The van der Waals surface area contributed by atoms with Gasteiger partial charge < -0.3 is 14.5 Å². The second-order valence-electron chi connectivity index (χ2n) is 6.42. The largest absolute Gasteiger partial charge is 0.445 e. The number of benzene rings is 1. The Labute approximate surface area is 137 Å². The first-order chi connectivity index (χ1) is 11.1. The lowest BCUT2D eigenvalue weighted by atomic mass is 10.0. The summed E-state index contributed by atoms with van der Waals surface area (Å²) in [5, 5.41) is 0. The summed E-state index contributed by atoms with van der Waals surface area (Å²) in [6.45, 7) is 3.28. The predicted molar refractivity (Wildman–Crippen MR) is 86.8 cm³/mol. The molecule has 2 fully saturated rings. The third-order valence-electron chi connectivity index (χ3n) is 4.63. The van der Waals surface area contributed by atoms with Gasteiger partial charge in [0.25, 0.3) is 0 Å². The Morgan fingerprint density at radius 2 is 1.70 bits per heavy atom. The van der Waals surface area contributed by atoms with E-state index in [1.54, 1.807) is 11.8 Å². The summed E-state index contributed by atoms with van der Waals surface area (Å²) in [4.78, 5) is 27.8. The SMILES string of the molecule is CC(=O)N(C1CC1)C1CCN(C(=O)OCc2ccccc2)CC1. The molecule has 5 heteroatoms. The maximum atomic E-state index is 12.2. The number of piperidine rings is 1. The maximum Gasteiger partial charge on any atom is 0.410 e. The first-order valence-corrected chi connectivity index (χ1v) is 8.39. The van der Waals surface area contributed by atoms with Crippen molar-refractivity contribution in [2.24, 2.45) is 0 Å². The zero-order valence-electron chi connectivity index (χ0n) is 13.6. The number of hydrogen-bond donors (Lipinski definition) is 0. The molecular formula is C18H24N2O3. The number of carbonyl (C=O) groups excluding carboxylic acids is 2. The molecular weight excluding hydrogens is 292 g/mol. The average Bonchev–Trinajstić information content (AvgIpc) is 3.39. The van der Waals surface area contributed by atoms with Crippen LogP contribution in [0.4, 0.5) is 4.79 Å². The van der Waals surface area contributed by atoms with Crippen molar-refractivity contribution >= 4 is 12.0 Å². The van der Waals surface area contributed by atoms with Gasteiger partial charge in [-0.2, -0.15) is 0 Å². The van der Waals surface area contributed by atoms with E-state index in [0.29, 0.717) is 25.7 Å². The normalized spacial score (nSPS) is 18.6. The zero-order chi connectivity index (χ0) is 16.2. The van der Waals surface area contributed by atoms with E-state index in [0.717, 1.165) is 31.2 Å². The van der Waals surface area contributed by atoms with E-state index >= 15 is 0 Å². The molecule has 0 spiro atoms. The number of nitrogens with zero attached hydrogens (tertiary/aromatic N) is 2.